The maximum absolute atomic E-state index is 6.58. The van der Waals surface area contributed by atoms with Crippen LogP contribution in [0.1, 0.15) is 30.5 Å². The summed E-state index contributed by atoms with van der Waals surface area (Å²) in [6.45, 7) is 5.13. The minimum absolute atomic E-state index is 0.0589. The molecule has 0 bridgehead atoms. The Bertz CT molecular complexity index is 593. The molecule has 0 amide bonds. The van der Waals surface area contributed by atoms with Crippen LogP contribution in [0, 0.1) is 12.8 Å². The van der Waals surface area contributed by atoms with Gasteiger partial charge in [0.05, 0.1) is 6.10 Å². The van der Waals surface area contributed by atoms with Crippen LogP contribution in [0.15, 0.2) is 36.4 Å². The molecule has 0 aromatic heterocycles. The van der Waals surface area contributed by atoms with Crippen molar-refractivity contribution in [3.05, 3.63) is 47.5 Å². The van der Waals surface area contributed by atoms with Crippen LogP contribution < -0.4 is 5.73 Å². The first-order chi connectivity index (χ1) is 9.18. The largest absolute Gasteiger partial charge is 0.378 e. The predicted octanol–water partition coefficient (Wildman–Crippen LogP) is 3.57. The van der Waals surface area contributed by atoms with Crippen LogP contribution in [-0.4, -0.2) is 12.7 Å². The van der Waals surface area contributed by atoms with Gasteiger partial charge in [-0.2, -0.15) is 0 Å². The number of benzene rings is 2. The van der Waals surface area contributed by atoms with Crippen molar-refractivity contribution in [2.75, 3.05) is 6.61 Å². The summed E-state index contributed by atoms with van der Waals surface area (Å²) in [6, 6.07) is 12.9. The number of nitrogens with two attached hydrogens (primary N) is 1. The molecule has 0 aliphatic carbocycles. The zero-order valence-electron chi connectivity index (χ0n) is 11.6. The van der Waals surface area contributed by atoms with Crippen molar-refractivity contribution in [1.82, 2.24) is 0 Å². The monoisotopic (exact) mass is 255 g/mol. The summed E-state index contributed by atoms with van der Waals surface area (Å²) < 4.78 is 5.68. The highest BCUT2D eigenvalue weighted by atomic mass is 16.5. The smallest absolute Gasteiger partial charge is 0.0594 e. The number of rotatable bonds is 2. The quantitative estimate of drug-likeness (QED) is 0.890. The molecule has 0 radical (unpaired) electrons. The lowest BCUT2D eigenvalue weighted by atomic mass is 9.84. The molecule has 1 aliphatic heterocycles. The SMILES string of the molecule is Cc1ccc2ccccc2c1C(N)C1CCOC1C. The lowest BCUT2D eigenvalue weighted by Gasteiger charge is -2.25. The maximum atomic E-state index is 6.58. The minimum Gasteiger partial charge on any atom is -0.378 e. The van der Waals surface area contributed by atoms with Crippen LogP contribution in [0.2, 0.25) is 0 Å². The number of aryl methyl sites for hydroxylation is 1. The van der Waals surface area contributed by atoms with E-state index < -0.39 is 0 Å². The van der Waals surface area contributed by atoms with Gasteiger partial charge < -0.3 is 10.5 Å². The molecule has 2 N–H and O–H groups in total. The summed E-state index contributed by atoms with van der Waals surface area (Å²) in [6.07, 6.45) is 1.32. The molecule has 1 fully saturated rings. The third-order valence-corrected chi connectivity index (χ3v) is 4.42. The van der Waals surface area contributed by atoms with E-state index in [2.05, 4.69) is 50.2 Å². The topological polar surface area (TPSA) is 35.2 Å². The molecule has 2 aromatic carbocycles. The number of hydrogen-bond acceptors (Lipinski definition) is 2. The van der Waals surface area contributed by atoms with E-state index in [4.69, 9.17) is 10.5 Å². The molecule has 1 aliphatic rings. The van der Waals surface area contributed by atoms with E-state index in [1.807, 2.05) is 0 Å². The second-order valence-electron chi connectivity index (χ2n) is 5.57. The van der Waals surface area contributed by atoms with Crippen molar-refractivity contribution in [3.63, 3.8) is 0 Å². The Balaban J connectivity index is 2.10. The molecule has 2 heteroatoms. The Morgan fingerprint density at radius 2 is 2.00 bits per heavy atom. The Morgan fingerprint density at radius 3 is 2.74 bits per heavy atom. The second-order valence-corrected chi connectivity index (χ2v) is 5.57. The Morgan fingerprint density at radius 1 is 1.21 bits per heavy atom. The van der Waals surface area contributed by atoms with Gasteiger partial charge in [-0.15, -0.1) is 0 Å². The molecule has 19 heavy (non-hydrogen) atoms. The first-order valence-electron chi connectivity index (χ1n) is 7.04. The molecule has 3 atom stereocenters. The summed E-state index contributed by atoms with van der Waals surface area (Å²) in [5.41, 5.74) is 9.15. The lowest BCUT2D eigenvalue weighted by molar-refractivity contribution is 0.0995. The fourth-order valence-electron chi connectivity index (χ4n) is 3.28. The van der Waals surface area contributed by atoms with Gasteiger partial charge in [0.15, 0.2) is 0 Å². The van der Waals surface area contributed by atoms with E-state index in [9.17, 15) is 0 Å². The zero-order valence-corrected chi connectivity index (χ0v) is 11.6. The van der Waals surface area contributed by atoms with Gasteiger partial charge in [-0.1, -0.05) is 36.4 Å². The first-order valence-corrected chi connectivity index (χ1v) is 7.04. The molecule has 0 saturated carbocycles. The summed E-state index contributed by atoms with van der Waals surface area (Å²) in [4.78, 5) is 0. The van der Waals surface area contributed by atoms with Crippen LogP contribution in [0.25, 0.3) is 10.8 Å². The van der Waals surface area contributed by atoms with Crippen LogP contribution in [0.5, 0.6) is 0 Å². The fourth-order valence-corrected chi connectivity index (χ4v) is 3.28. The number of fused-ring (bicyclic) bond motifs is 1. The maximum Gasteiger partial charge on any atom is 0.0594 e. The van der Waals surface area contributed by atoms with Crippen LogP contribution >= 0.6 is 0 Å². The van der Waals surface area contributed by atoms with Crippen LogP contribution in [0.4, 0.5) is 0 Å². The van der Waals surface area contributed by atoms with Gasteiger partial charge >= 0.3 is 0 Å². The van der Waals surface area contributed by atoms with Crippen molar-refractivity contribution < 1.29 is 4.74 Å². The first kappa shape index (κ1) is 12.6. The average molecular weight is 255 g/mol. The van der Waals surface area contributed by atoms with Gasteiger partial charge in [-0.05, 0) is 42.2 Å². The predicted molar refractivity (Wildman–Crippen MR) is 79.1 cm³/mol. The normalized spacial score (nSPS) is 24.8. The van der Waals surface area contributed by atoms with E-state index in [0.29, 0.717) is 5.92 Å². The van der Waals surface area contributed by atoms with E-state index in [1.165, 1.54) is 21.9 Å². The van der Waals surface area contributed by atoms with Crippen molar-refractivity contribution in [3.8, 4) is 0 Å². The molecule has 0 spiro atoms. The standard InChI is InChI=1S/C17H21NO/c1-11-7-8-13-5-3-4-6-15(13)16(11)17(18)14-9-10-19-12(14)2/h3-8,12,14,17H,9-10,18H2,1-2H3. The highest BCUT2D eigenvalue weighted by Gasteiger charge is 2.31. The Hall–Kier alpha value is -1.38. The molecule has 1 heterocycles. The van der Waals surface area contributed by atoms with Crippen molar-refractivity contribution in [1.29, 1.82) is 0 Å². The molecule has 100 valence electrons. The van der Waals surface area contributed by atoms with Crippen molar-refractivity contribution in [2.45, 2.75) is 32.4 Å². The van der Waals surface area contributed by atoms with Gasteiger partial charge in [-0.25, -0.2) is 0 Å². The molecule has 3 unspecified atom stereocenters. The molecule has 2 nitrogen and oxygen atoms in total. The van der Waals surface area contributed by atoms with Crippen molar-refractivity contribution in [2.24, 2.45) is 11.7 Å². The molecular weight excluding hydrogens is 234 g/mol. The third kappa shape index (κ3) is 2.15. The third-order valence-electron chi connectivity index (χ3n) is 4.42. The van der Waals surface area contributed by atoms with E-state index in [-0.39, 0.29) is 12.1 Å². The average Bonchev–Trinajstić information content (AvgIpc) is 2.84. The summed E-state index contributed by atoms with van der Waals surface area (Å²) in [5, 5.41) is 2.55. The van der Waals surface area contributed by atoms with Gasteiger partial charge in [0, 0.05) is 18.6 Å². The van der Waals surface area contributed by atoms with E-state index in [0.717, 1.165) is 13.0 Å². The fraction of sp³-hybridized carbons (Fsp3) is 0.412. The highest BCUT2D eigenvalue weighted by Crippen LogP contribution is 2.36. The van der Waals surface area contributed by atoms with Crippen LogP contribution in [0.3, 0.4) is 0 Å². The number of ether oxygens (including phenoxy) is 1. The summed E-state index contributed by atoms with van der Waals surface area (Å²) in [7, 11) is 0. The van der Waals surface area contributed by atoms with Gasteiger partial charge in [0.2, 0.25) is 0 Å². The van der Waals surface area contributed by atoms with E-state index in [1.54, 1.807) is 0 Å². The second kappa shape index (κ2) is 4.95. The summed E-state index contributed by atoms with van der Waals surface area (Å²) >= 11 is 0. The van der Waals surface area contributed by atoms with Crippen molar-refractivity contribution >= 4 is 10.8 Å². The minimum atomic E-state index is 0.0589. The van der Waals surface area contributed by atoms with Gasteiger partial charge in [-0.3, -0.25) is 0 Å². The molecule has 3 rings (SSSR count). The zero-order chi connectivity index (χ0) is 13.4. The van der Waals surface area contributed by atoms with Gasteiger partial charge in [0.25, 0.3) is 0 Å². The van der Waals surface area contributed by atoms with Gasteiger partial charge in [0.1, 0.15) is 0 Å². The molecule has 2 aromatic rings. The Kier molecular flexibility index (Phi) is 3.29. The molecular formula is C17H21NO. The lowest BCUT2D eigenvalue weighted by Crippen LogP contribution is -2.27. The molecule has 1 saturated heterocycles. The highest BCUT2D eigenvalue weighted by molar-refractivity contribution is 5.87. The van der Waals surface area contributed by atoms with Crippen LogP contribution in [-0.2, 0) is 4.74 Å². The van der Waals surface area contributed by atoms with E-state index >= 15 is 0 Å². The number of hydrogen-bond donors (Lipinski definition) is 1. The summed E-state index contributed by atoms with van der Waals surface area (Å²) in [5.74, 6) is 0.421. The Labute approximate surface area is 114 Å².